The van der Waals surface area contributed by atoms with Gasteiger partial charge in [-0.25, -0.2) is 0 Å². The molecule has 0 radical (unpaired) electrons. The second-order valence-corrected chi connectivity index (χ2v) is 7.67. The summed E-state index contributed by atoms with van der Waals surface area (Å²) in [6.45, 7) is 6.45. The predicted octanol–water partition coefficient (Wildman–Crippen LogP) is 1.34. The van der Waals surface area contributed by atoms with Crippen LogP contribution < -0.4 is 5.32 Å². The van der Waals surface area contributed by atoms with Crippen LogP contribution in [0.25, 0.3) is 0 Å². The highest BCUT2D eigenvalue weighted by atomic mass is 16.2. The fourth-order valence-electron chi connectivity index (χ4n) is 3.84. The van der Waals surface area contributed by atoms with E-state index in [-0.39, 0.29) is 23.4 Å². The third-order valence-corrected chi connectivity index (χ3v) is 5.66. The van der Waals surface area contributed by atoms with Crippen LogP contribution >= 0.6 is 0 Å². The summed E-state index contributed by atoms with van der Waals surface area (Å²) in [6, 6.07) is 12.8. The van der Waals surface area contributed by atoms with Crippen LogP contribution in [0.5, 0.6) is 0 Å². The molecule has 0 bridgehead atoms. The summed E-state index contributed by atoms with van der Waals surface area (Å²) in [5.41, 5.74) is 1.45. The van der Waals surface area contributed by atoms with Gasteiger partial charge < -0.3 is 15.1 Å². The Labute approximate surface area is 172 Å². The summed E-state index contributed by atoms with van der Waals surface area (Å²) in [5.74, 6) is -0.238. The minimum Gasteiger partial charge on any atom is -0.387 e. The molecule has 0 unspecified atom stereocenters. The van der Waals surface area contributed by atoms with Crippen LogP contribution in [0.4, 0.5) is 0 Å². The van der Waals surface area contributed by atoms with E-state index in [0.29, 0.717) is 26.2 Å². The zero-order valence-corrected chi connectivity index (χ0v) is 17.0. The molecule has 154 valence electrons. The number of nitrogens with one attached hydrogen (secondary N) is 1. The highest BCUT2D eigenvalue weighted by Gasteiger charge is 2.25. The van der Waals surface area contributed by atoms with Crippen molar-refractivity contribution in [2.75, 3.05) is 39.3 Å². The number of nitriles is 1. The van der Waals surface area contributed by atoms with Crippen LogP contribution in [0.2, 0.25) is 0 Å². The van der Waals surface area contributed by atoms with Crippen LogP contribution in [0, 0.1) is 11.3 Å². The molecule has 2 amide bonds. The molecule has 1 N–H and O–H groups in total. The number of likely N-dealkylation sites (tertiary alicyclic amines) is 1. The Hall–Kier alpha value is -2.85. The summed E-state index contributed by atoms with van der Waals surface area (Å²) in [5, 5.41) is 12.7. The summed E-state index contributed by atoms with van der Waals surface area (Å²) in [6.07, 6.45) is 3.54. The summed E-state index contributed by atoms with van der Waals surface area (Å²) in [4.78, 5) is 29.8. The van der Waals surface area contributed by atoms with Crippen LogP contribution in [-0.4, -0.2) is 71.8 Å². The summed E-state index contributed by atoms with van der Waals surface area (Å²) in [7, 11) is 0. The van der Waals surface area contributed by atoms with E-state index < -0.39 is 0 Å². The molecule has 0 spiro atoms. The monoisotopic (exact) mass is 395 g/mol. The minimum absolute atomic E-state index is 0.0217. The molecule has 3 rings (SSSR count). The molecule has 0 aromatic heterocycles. The first-order valence-electron chi connectivity index (χ1n) is 10.2. The molecule has 2 fully saturated rings. The predicted molar refractivity (Wildman–Crippen MR) is 110 cm³/mol. The van der Waals surface area contributed by atoms with E-state index in [2.05, 4.69) is 34.5 Å². The fraction of sp³-hybridized carbons (Fsp3) is 0.500. The number of piperidine rings is 1. The van der Waals surface area contributed by atoms with Gasteiger partial charge in [0, 0.05) is 65.0 Å². The van der Waals surface area contributed by atoms with Gasteiger partial charge >= 0.3 is 0 Å². The second kappa shape index (κ2) is 10.1. The average molecular weight is 396 g/mol. The lowest BCUT2D eigenvalue weighted by Gasteiger charge is -2.34. The maximum atomic E-state index is 12.6. The van der Waals surface area contributed by atoms with Crippen molar-refractivity contribution in [3.63, 3.8) is 0 Å². The third-order valence-electron chi connectivity index (χ3n) is 5.66. The van der Waals surface area contributed by atoms with Crippen molar-refractivity contribution in [2.45, 2.75) is 32.4 Å². The van der Waals surface area contributed by atoms with Gasteiger partial charge in [-0.3, -0.25) is 14.5 Å². The minimum atomic E-state index is -0.260. The van der Waals surface area contributed by atoms with E-state index >= 15 is 0 Å². The van der Waals surface area contributed by atoms with E-state index in [1.807, 2.05) is 12.1 Å². The van der Waals surface area contributed by atoms with Crippen LogP contribution in [0.1, 0.15) is 25.3 Å². The summed E-state index contributed by atoms with van der Waals surface area (Å²) >= 11 is 0. The Balaban J connectivity index is 1.45. The smallest absolute Gasteiger partial charge is 0.266 e. The molecule has 2 aliphatic heterocycles. The number of piperazine rings is 1. The first-order valence-corrected chi connectivity index (χ1v) is 10.2. The molecule has 0 atom stereocenters. The molecule has 2 saturated heterocycles. The van der Waals surface area contributed by atoms with Gasteiger partial charge in [0.05, 0.1) is 0 Å². The first kappa shape index (κ1) is 20.9. The van der Waals surface area contributed by atoms with Gasteiger partial charge in [0.2, 0.25) is 5.91 Å². The van der Waals surface area contributed by atoms with Gasteiger partial charge in [0.1, 0.15) is 11.6 Å². The van der Waals surface area contributed by atoms with Crippen molar-refractivity contribution >= 4 is 11.8 Å². The third kappa shape index (κ3) is 5.81. The zero-order valence-electron chi connectivity index (χ0n) is 17.0. The molecular weight excluding hydrogens is 366 g/mol. The van der Waals surface area contributed by atoms with Crippen molar-refractivity contribution in [1.82, 2.24) is 20.0 Å². The van der Waals surface area contributed by atoms with Gasteiger partial charge in [-0.05, 0) is 18.4 Å². The molecule has 7 nitrogen and oxygen atoms in total. The fourth-order valence-corrected chi connectivity index (χ4v) is 3.84. The van der Waals surface area contributed by atoms with E-state index in [1.54, 1.807) is 16.0 Å². The van der Waals surface area contributed by atoms with Gasteiger partial charge in [-0.15, -0.1) is 0 Å². The summed E-state index contributed by atoms with van der Waals surface area (Å²) < 4.78 is 0. The Morgan fingerprint density at radius 3 is 2.28 bits per heavy atom. The number of carbonyl (C=O) groups is 2. The number of amides is 2. The Bertz CT molecular complexity index is 770. The lowest BCUT2D eigenvalue weighted by Crippen LogP contribution is -2.50. The Kier molecular flexibility index (Phi) is 7.25. The van der Waals surface area contributed by atoms with Gasteiger partial charge in [0.15, 0.2) is 0 Å². The van der Waals surface area contributed by atoms with Crippen LogP contribution in [0.15, 0.2) is 42.1 Å². The number of carbonyl (C=O) groups excluding carboxylic acids is 2. The van der Waals surface area contributed by atoms with E-state index in [1.165, 1.54) is 12.5 Å². The number of nitrogens with zero attached hydrogens (tertiary/aromatic N) is 4. The SMILES string of the molecule is CC(=O)N1CCN(C(=O)/C(C#N)=C\NC2CCN(Cc3ccccc3)CC2)CC1. The van der Waals surface area contributed by atoms with Crippen LogP contribution in [0.3, 0.4) is 0 Å². The number of rotatable bonds is 5. The molecule has 0 aliphatic carbocycles. The highest BCUT2D eigenvalue weighted by molar-refractivity contribution is 5.97. The van der Waals surface area contributed by atoms with Gasteiger partial charge in [-0.1, -0.05) is 30.3 Å². The van der Waals surface area contributed by atoms with Crippen molar-refractivity contribution in [3.8, 4) is 6.07 Å². The Morgan fingerprint density at radius 2 is 1.69 bits per heavy atom. The van der Waals surface area contributed by atoms with Crippen molar-refractivity contribution in [1.29, 1.82) is 5.26 Å². The molecule has 2 heterocycles. The average Bonchev–Trinajstić information content (AvgIpc) is 2.76. The van der Waals surface area contributed by atoms with Crippen molar-refractivity contribution in [3.05, 3.63) is 47.7 Å². The quantitative estimate of drug-likeness (QED) is 0.601. The number of hydrogen-bond donors (Lipinski definition) is 1. The lowest BCUT2D eigenvalue weighted by molar-refractivity contribution is -0.136. The molecule has 7 heteroatoms. The second-order valence-electron chi connectivity index (χ2n) is 7.67. The standard InChI is InChI=1S/C22H29N5O2/c1-18(28)26-11-13-27(14-12-26)22(29)20(15-23)16-24-21-7-9-25(10-8-21)17-19-5-3-2-4-6-19/h2-6,16,21,24H,7-14,17H2,1H3/b20-16-. The van der Waals surface area contributed by atoms with Crippen molar-refractivity contribution in [2.24, 2.45) is 0 Å². The van der Waals surface area contributed by atoms with Crippen LogP contribution in [-0.2, 0) is 16.1 Å². The van der Waals surface area contributed by atoms with E-state index in [4.69, 9.17) is 0 Å². The Morgan fingerprint density at radius 1 is 1.07 bits per heavy atom. The molecular formula is C22H29N5O2. The lowest BCUT2D eigenvalue weighted by atomic mass is 10.0. The molecule has 0 saturated carbocycles. The van der Waals surface area contributed by atoms with Gasteiger partial charge in [0.25, 0.3) is 5.91 Å². The van der Waals surface area contributed by atoms with E-state index in [0.717, 1.165) is 32.5 Å². The van der Waals surface area contributed by atoms with Crippen molar-refractivity contribution < 1.29 is 9.59 Å². The highest BCUT2D eigenvalue weighted by Crippen LogP contribution is 2.14. The zero-order chi connectivity index (χ0) is 20.6. The molecule has 2 aliphatic rings. The maximum Gasteiger partial charge on any atom is 0.266 e. The molecule has 1 aromatic carbocycles. The first-order chi connectivity index (χ1) is 14.1. The number of benzene rings is 1. The largest absolute Gasteiger partial charge is 0.387 e. The van der Waals surface area contributed by atoms with Gasteiger partial charge in [-0.2, -0.15) is 5.26 Å². The topological polar surface area (TPSA) is 79.7 Å². The normalized spacial score (nSPS) is 19.0. The molecule has 29 heavy (non-hydrogen) atoms. The number of hydrogen-bond acceptors (Lipinski definition) is 5. The van der Waals surface area contributed by atoms with E-state index in [9.17, 15) is 14.9 Å². The molecule has 1 aromatic rings. The maximum absolute atomic E-state index is 12.6.